The zero-order valence-corrected chi connectivity index (χ0v) is 14.1. The lowest BCUT2D eigenvalue weighted by Crippen LogP contribution is -2.50. The highest BCUT2D eigenvalue weighted by Gasteiger charge is 2.37. The first-order chi connectivity index (χ1) is 11.7. The van der Waals surface area contributed by atoms with Gasteiger partial charge in [-0.2, -0.15) is 0 Å². The van der Waals surface area contributed by atoms with Crippen LogP contribution in [0.5, 0.6) is 11.5 Å². The molecule has 0 spiro atoms. The van der Waals surface area contributed by atoms with Crippen LogP contribution in [0.4, 0.5) is 0 Å². The van der Waals surface area contributed by atoms with Crippen LogP contribution < -0.4 is 9.47 Å². The predicted molar refractivity (Wildman–Crippen MR) is 86.8 cm³/mol. The van der Waals surface area contributed by atoms with E-state index >= 15 is 0 Å². The summed E-state index contributed by atoms with van der Waals surface area (Å²) in [5.41, 5.74) is 0.508. The van der Waals surface area contributed by atoms with Gasteiger partial charge in [-0.05, 0) is 31.4 Å². The molecule has 2 saturated heterocycles. The fourth-order valence-corrected chi connectivity index (χ4v) is 3.76. The molecule has 3 aliphatic rings. The molecule has 0 N–H and O–H groups in total. The van der Waals surface area contributed by atoms with E-state index < -0.39 is 0 Å². The average molecular weight is 354 g/mol. The van der Waals surface area contributed by atoms with E-state index in [1.54, 1.807) is 12.1 Å². The number of halogens is 1. The van der Waals surface area contributed by atoms with E-state index in [9.17, 15) is 4.79 Å². The molecule has 6 nitrogen and oxygen atoms in total. The Morgan fingerprint density at radius 2 is 1.88 bits per heavy atom. The van der Waals surface area contributed by atoms with Gasteiger partial charge in [-0.15, -0.1) is 0 Å². The first-order valence-corrected chi connectivity index (χ1v) is 8.75. The molecule has 3 aliphatic heterocycles. The van der Waals surface area contributed by atoms with Crippen molar-refractivity contribution in [3.63, 3.8) is 0 Å². The molecule has 24 heavy (non-hydrogen) atoms. The van der Waals surface area contributed by atoms with Crippen LogP contribution in [-0.2, 0) is 9.47 Å². The molecule has 2 fully saturated rings. The van der Waals surface area contributed by atoms with Gasteiger partial charge in [0.1, 0.15) is 13.2 Å². The number of rotatable bonds is 2. The molecule has 4 rings (SSSR count). The van der Waals surface area contributed by atoms with Gasteiger partial charge in [-0.1, -0.05) is 11.6 Å². The third-order valence-corrected chi connectivity index (χ3v) is 4.90. The number of hydrogen-bond donors (Lipinski definition) is 0. The number of carbonyl (C=O) groups is 1. The third kappa shape index (κ3) is 2.94. The molecule has 7 heteroatoms. The van der Waals surface area contributed by atoms with Crippen LogP contribution in [0.3, 0.4) is 0 Å². The molecule has 3 heterocycles. The number of likely N-dealkylation sites (tertiary alicyclic amines) is 1. The quantitative estimate of drug-likeness (QED) is 0.817. The van der Waals surface area contributed by atoms with Crippen LogP contribution in [0.1, 0.15) is 29.6 Å². The maximum Gasteiger partial charge on any atom is 0.254 e. The Hall–Kier alpha value is -1.50. The van der Waals surface area contributed by atoms with Crippen molar-refractivity contribution in [1.29, 1.82) is 0 Å². The van der Waals surface area contributed by atoms with Crippen LogP contribution in [-0.4, -0.2) is 56.1 Å². The van der Waals surface area contributed by atoms with Crippen LogP contribution >= 0.6 is 11.6 Å². The molecule has 130 valence electrons. The molecule has 1 atom stereocenters. The van der Waals surface area contributed by atoms with E-state index in [4.69, 9.17) is 30.5 Å². The summed E-state index contributed by atoms with van der Waals surface area (Å²) in [6.45, 7) is 2.78. The highest BCUT2D eigenvalue weighted by atomic mass is 35.5. The lowest BCUT2D eigenvalue weighted by atomic mass is 10.00. The summed E-state index contributed by atoms with van der Waals surface area (Å²) in [6.07, 6.45) is 2.60. The van der Waals surface area contributed by atoms with E-state index in [2.05, 4.69) is 0 Å². The van der Waals surface area contributed by atoms with Crippen LogP contribution in [0, 0.1) is 0 Å². The Morgan fingerprint density at radius 3 is 2.71 bits per heavy atom. The summed E-state index contributed by atoms with van der Waals surface area (Å²) in [4.78, 5) is 14.9. The molecular weight excluding hydrogens is 334 g/mol. The summed E-state index contributed by atoms with van der Waals surface area (Å²) in [6, 6.07) is 3.31. The van der Waals surface area contributed by atoms with Crippen molar-refractivity contribution in [3.8, 4) is 11.5 Å². The highest BCUT2D eigenvalue weighted by molar-refractivity contribution is 6.32. The van der Waals surface area contributed by atoms with E-state index in [0.29, 0.717) is 55.1 Å². The number of carbonyl (C=O) groups excluding carboxylic acids is 1. The number of benzene rings is 1. The smallest absolute Gasteiger partial charge is 0.254 e. The van der Waals surface area contributed by atoms with Gasteiger partial charge in [0.15, 0.2) is 17.8 Å². The number of nitrogens with zero attached hydrogens (tertiary/aromatic N) is 1. The van der Waals surface area contributed by atoms with Gasteiger partial charge in [-0.25, -0.2) is 0 Å². The molecule has 1 aromatic rings. The van der Waals surface area contributed by atoms with Crippen molar-refractivity contribution < 1.29 is 23.7 Å². The van der Waals surface area contributed by atoms with Crippen molar-refractivity contribution in [2.24, 2.45) is 0 Å². The van der Waals surface area contributed by atoms with Gasteiger partial charge in [-0.3, -0.25) is 4.79 Å². The molecule has 0 radical (unpaired) electrons. The van der Waals surface area contributed by atoms with E-state index in [-0.39, 0.29) is 18.2 Å². The predicted octanol–water partition coefficient (Wildman–Crippen LogP) is 2.48. The monoisotopic (exact) mass is 353 g/mol. The molecule has 0 aliphatic carbocycles. The Bertz CT molecular complexity index is 632. The Labute approximate surface area is 145 Å². The topological polar surface area (TPSA) is 57.2 Å². The van der Waals surface area contributed by atoms with Gasteiger partial charge in [0.05, 0.1) is 24.3 Å². The largest absolute Gasteiger partial charge is 0.486 e. The van der Waals surface area contributed by atoms with Crippen molar-refractivity contribution in [1.82, 2.24) is 4.90 Å². The van der Waals surface area contributed by atoms with Crippen molar-refractivity contribution in [2.45, 2.75) is 31.6 Å². The highest BCUT2D eigenvalue weighted by Crippen LogP contribution is 2.39. The summed E-state index contributed by atoms with van der Waals surface area (Å²) < 4.78 is 22.4. The number of fused-ring (bicyclic) bond motifs is 1. The Morgan fingerprint density at radius 1 is 1.08 bits per heavy atom. The zero-order valence-electron chi connectivity index (χ0n) is 13.3. The standard InChI is InChI=1S/C17H20ClNO5/c18-12-9-11(10-14-15(12)22-6-5-21-14)16(20)19-4-2-1-3-13(19)17-23-7-8-24-17/h9-10,13,17H,1-8H2. The molecule has 0 saturated carbocycles. The minimum atomic E-state index is -0.332. The number of ether oxygens (including phenoxy) is 4. The average Bonchev–Trinajstić information content (AvgIpc) is 3.15. The second-order valence-corrected chi connectivity index (χ2v) is 6.56. The number of hydrogen-bond acceptors (Lipinski definition) is 5. The van der Waals surface area contributed by atoms with E-state index in [1.807, 2.05) is 4.90 Å². The fourth-order valence-electron chi connectivity index (χ4n) is 3.49. The normalized spacial score (nSPS) is 24.2. The van der Waals surface area contributed by atoms with Crippen molar-refractivity contribution >= 4 is 17.5 Å². The molecular formula is C17H20ClNO5. The molecule has 1 aromatic carbocycles. The van der Waals surface area contributed by atoms with E-state index in [0.717, 1.165) is 19.3 Å². The van der Waals surface area contributed by atoms with Crippen molar-refractivity contribution in [2.75, 3.05) is 33.0 Å². The lowest BCUT2D eigenvalue weighted by molar-refractivity contribution is -0.100. The summed E-state index contributed by atoms with van der Waals surface area (Å²) >= 11 is 6.27. The first-order valence-electron chi connectivity index (χ1n) is 8.37. The summed E-state index contributed by atoms with van der Waals surface area (Å²) in [5.74, 6) is 0.966. The molecule has 1 unspecified atom stereocenters. The third-order valence-electron chi connectivity index (χ3n) is 4.62. The number of amides is 1. The van der Waals surface area contributed by atoms with Crippen LogP contribution in [0.15, 0.2) is 12.1 Å². The first kappa shape index (κ1) is 16.0. The van der Waals surface area contributed by atoms with Crippen molar-refractivity contribution in [3.05, 3.63) is 22.7 Å². The maximum atomic E-state index is 13.1. The van der Waals surface area contributed by atoms with Gasteiger partial charge in [0.2, 0.25) is 0 Å². The van der Waals surface area contributed by atoms with Gasteiger partial charge in [0.25, 0.3) is 5.91 Å². The summed E-state index contributed by atoms with van der Waals surface area (Å²) in [5, 5.41) is 0.400. The summed E-state index contributed by atoms with van der Waals surface area (Å²) in [7, 11) is 0. The van der Waals surface area contributed by atoms with Gasteiger partial charge < -0.3 is 23.8 Å². The maximum absolute atomic E-state index is 13.1. The molecule has 0 aromatic heterocycles. The lowest BCUT2D eigenvalue weighted by Gasteiger charge is -2.38. The minimum absolute atomic E-state index is 0.0549. The molecule has 0 bridgehead atoms. The zero-order chi connectivity index (χ0) is 16.5. The number of piperidine rings is 1. The Balaban J connectivity index is 1.60. The van der Waals surface area contributed by atoms with Crippen LogP contribution in [0.25, 0.3) is 0 Å². The second-order valence-electron chi connectivity index (χ2n) is 6.15. The minimum Gasteiger partial charge on any atom is -0.486 e. The fraction of sp³-hybridized carbons (Fsp3) is 0.588. The van der Waals surface area contributed by atoms with E-state index in [1.165, 1.54) is 0 Å². The van der Waals surface area contributed by atoms with Gasteiger partial charge in [0, 0.05) is 12.1 Å². The molecule has 1 amide bonds. The van der Waals surface area contributed by atoms with Gasteiger partial charge >= 0.3 is 0 Å². The Kier molecular flexibility index (Phi) is 4.52. The van der Waals surface area contributed by atoms with Crippen LogP contribution in [0.2, 0.25) is 5.02 Å². The second kappa shape index (κ2) is 6.78. The SMILES string of the molecule is O=C(c1cc(Cl)c2c(c1)OCCO2)N1CCCCC1C1OCCO1.